The maximum Gasteiger partial charge on any atom is 0.280 e. The quantitative estimate of drug-likeness (QED) is 0.781. The van der Waals surface area contributed by atoms with Crippen LogP contribution < -0.4 is 10.1 Å². The molecule has 0 heterocycles. The van der Waals surface area contributed by atoms with E-state index in [1.165, 1.54) is 18.2 Å². The normalized spacial score (nSPS) is 11.1. The van der Waals surface area contributed by atoms with Crippen molar-refractivity contribution in [2.45, 2.75) is 26.4 Å². The number of amides is 1. The summed E-state index contributed by atoms with van der Waals surface area (Å²) in [6.07, 6.45) is 0. The molecule has 5 heteroatoms. The Morgan fingerprint density at radius 1 is 1.44 bits per heavy atom. The van der Waals surface area contributed by atoms with E-state index >= 15 is 0 Å². The zero-order chi connectivity index (χ0) is 12.3. The van der Waals surface area contributed by atoms with E-state index in [1.54, 1.807) is 0 Å². The van der Waals surface area contributed by atoms with E-state index < -0.39 is 16.7 Å². The van der Waals surface area contributed by atoms with Gasteiger partial charge in [0.05, 0.1) is 5.69 Å². The van der Waals surface area contributed by atoms with E-state index in [0.717, 1.165) is 0 Å². The number of hydrogen-bond donors (Lipinski definition) is 2. The van der Waals surface area contributed by atoms with E-state index in [1.807, 2.05) is 20.8 Å². The Morgan fingerprint density at radius 2 is 2.06 bits per heavy atom. The molecule has 0 saturated heterocycles. The summed E-state index contributed by atoms with van der Waals surface area (Å²) in [6, 6.07) is 3.93. The Bertz CT molecular complexity index is 401. The van der Waals surface area contributed by atoms with E-state index in [-0.39, 0.29) is 5.69 Å². The number of ether oxygens (including phenoxy) is 1. The Hall–Kier alpha value is -1.23. The van der Waals surface area contributed by atoms with E-state index in [9.17, 15) is 9.18 Å². The van der Waals surface area contributed by atoms with Gasteiger partial charge in [-0.1, -0.05) is 12.6 Å². The lowest BCUT2D eigenvalue weighted by molar-refractivity contribution is 0.132. The summed E-state index contributed by atoms with van der Waals surface area (Å²) >= 11 is 3.57. The highest BCUT2D eigenvalue weighted by atomic mass is 32.1. The molecule has 0 saturated carbocycles. The number of hydrogen-bond acceptors (Lipinski definition) is 2. The van der Waals surface area contributed by atoms with Crippen LogP contribution in [0.25, 0.3) is 0 Å². The second-order valence-electron chi connectivity index (χ2n) is 4.29. The molecule has 1 aromatic rings. The largest absolute Gasteiger partial charge is 0.486 e. The molecule has 0 aromatic heterocycles. The van der Waals surface area contributed by atoms with Gasteiger partial charge < -0.3 is 10.1 Å². The molecule has 0 spiro atoms. The first kappa shape index (κ1) is 12.8. The van der Waals surface area contributed by atoms with Crippen LogP contribution in [0.1, 0.15) is 20.8 Å². The van der Waals surface area contributed by atoms with E-state index in [0.29, 0.717) is 5.75 Å². The first-order valence-corrected chi connectivity index (χ1v) is 5.21. The third-order valence-electron chi connectivity index (χ3n) is 1.60. The van der Waals surface area contributed by atoms with Gasteiger partial charge >= 0.3 is 0 Å². The van der Waals surface area contributed by atoms with Gasteiger partial charge in [-0.2, -0.15) is 0 Å². The highest BCUT2D eigenvalue weighted by Gasteiger charge is 2.15. The van der Waals surface area contributed by atoms with Crippen LogP contribution in [0, 0.1) is 5.82 Å². The second kappa shape index (κ2) is 4.74. The van der Waals surface area contributed by atoms with Gasteiger partial charge in [0.2, 0.25) is 0 Å². The van der Waals surface area contributed by atoms with Gasteiger partial charge in [0.1, 0.15) is 17.2 Å². The van der Waals surface area contributed by atoms with Gasteiger partial charge in [-0.3, -0.25) is 4.79 Å². The van der Waals surface area contributed by atoms with Gasteiger partial charge in [-0.05, 0) is 32.9 Å². The maximum absolute atomic E-state index is 13.0. The SMILES string of the molecule is CC(C)(C)Oc1ccc(F)cc1NC(=O)S. The first-order chi connectivity index (χ1) is 7.28. The number of thiol groups is 1. The minimum atomic E-state index is -0.565. The molecule has 0 bridgehead atoms. The smallest absolute Gasteiger partial charge is 0.280 e. The molecule has 0 unspecified atom stereocenters. The van der Waals surface area contributed by atoms with Crippen LogP contribution in [0.3, 0.4) is 0 Å². The predicted molar refractivity (Wildman–Crippen MR) is 64.8 cm³/mol. The number of rotatable bonds is 2. The molecule has 0 atom stereocenters. The lowest BCUT2D eigenvalue weighted by Crippen LogP contribution is -2.23. The highest BCUT2D eigenvalue weighted by molar-refractivity contribution is 7.96. The minimum Gasteiger partial charge on any atom is -0.486 e. The molecule has 0 aliphatic carbocycles. The molecule has 3 nitrogen and oxygen atoms in total. The predicted octanol–water partition coefficient (Wildman–Crippen LogP) is 3.46. The van der Waals surface area contributed by atoms with Crippen molar-refractivity contribution >= 4 is 23.6 Å². The molecule has 1 rings (SSSR count). The molecule has 1 amide bonds. The summed E-state index contributed by atoms with van der Waals surface area (Å²) < 4.78 is 18.6. The highest BCUT2D eigenvalue weighted by Crippen LogP contribution is 2.28. The molecular formula is C11H14FNO2S. The summed E-state index contributed by atoms with van der Waals surface area (Å²) in [5, 5.41) is 1.83. The topological polar surface area (TPSA) is 38.3 Å². The number of carbonyl (C=O) groups excluding carboxylic acids is 1. The van der Waals surface area contributed by atoms with Gasteiger partial charge in [0.25, 0.3) is 5.24 Å². The molecule has 1 aromatic carbocycles. The van der Waals surface area contributed by atoms with E-state index in [2.05, 4.69) is 17.9 Å². The van der Waals surface area contributed by atoms with Crippen molar-refractivity contribution in [2.24, 2.45) is 0 Å². The summed E-state index contributed by atoms with van der Waals surface area (Å²) in [6.45, 7) is 5.59. The number of halogens is 1. The first-order valence-electron chi connectivity index (χ1n) is 4.76. The third-order valence-corrected chi connectivity index (χ3v) is 1.71. The van der Waals surface area contributed by atoms with Crippen molar-refractivity contribution in [3.05, 3.63) is 24.0 Å². The number of anilines is 1. The van der Waals surface area contributed by atoms with Crippen LogP contribution in [-0.2, 0) is 0 Å². The fourth-order valence-corrected chi connectivity index (χ4v) is 1.25. The van der Waals surface area contributed by atoms with Crippen molar-refractivity contribution in [1.29, 1.82) is 0 Å². The molecular weight excluding hydrogens is 229 g/mol. The Kier molecular flexibility index (Phi) is 3.80. The van der Waals surface area contributed by atoms with Gasteiger partial charge in [-0.15, -0.1) is 0 Å². The average molecular weight is 243 g/mol. The van der Waals surface area contributed by atoms with Gasteiger partial charge in [0, 0.05) is 6.07 Å². The fraction of sp³-hybridized carbons (Fsp3) is 0.364. The zero-order valence-corrected chi connectivity index (χ0v) is 10.3. The molecule has 88 valence electrons. The monoisotopic (exact) mass is 243 g/mol. The number of carbonyl (C=O) groups is 1. The molecule has 1 N–H and O–H groups in total. The molecule has 0 fully saturated rings. The molecule has 16 heavy (non-hydrogen) atoms. The summed E-state index contributed by atoms with van der Waals surface area (Å²) in [4.78, 5) is 10.8. The van der Waals surface area contributed by atoms with Crippen LogP contribution in [0.4, 0.5) is 14.9 Å². The molecule has 0 radical (unpaired) electrons. The summed E-state index contributed by atoms with van der Waals surface area (Å²) in [5.41, 5.74) is -0.150. The summed E-state index contributed by atoms with van der Waals surface area (Å²) in [7, 11) is 0. The Labute approximate surface area is 99.4 Å². The van der Waals surface area contributed by atoms with Crippen LogP contribution in [-0.4, -0.2) is 10.8 Å². The van der Waals surface area contributed by atoms with Crippen LogP contribution in [0.5, 0.6) is 5.75 Å². The maximum atomic E-state index is 13.0. The summed E-state index contributed by atoms with van der Waals surface area (Å²) in [5.74, 6) is -0.0327. The van der Waals surface area contributed by atoms with Crippen molar-refractivity contribution in [2.75, 3.05) is 5.32 Å². The second-order valence-corrected chi connectivity index (χ2v) is 4.69. The fourth-order valence-electron chi connectivity index (χ4n) is 1.13. The molecule has 0 aliphatic heterocycles. The van der Waals surface area contributed by atoms with Crippen molar-refractivity contribution in [3.63, 3.8) is 0 Å². The van der Waals surface area contributed by atoms with Crippen LogP contribution in [0.15, 0.2) is 18.2 Å². The Morgan fingerprint density at radius 3 is 2.56 bits per heavy atom. The van der Waals surface area contributed by atoms with E-state index in [4.69, 9.17) is 4.74 Å². The Balaban J connectivity index is 3.02. The lowest BCUT2D eigenvalue weighted by atomic mass is 10.2. The minimum absolute atomic E-state index is 0.273. The van der Waals surface area contributed by atoms with Crippen LogP contribution >= 0.6 is 12.6 Å². The van der Waals surface area contributed by atoms with Crippen molar-refractivity contribution in [3.8, 4) is 5.75 Å². The third kappa shape index (κ3) is 4.10. The zero-order valence-electron chi connectivity index (χ0n) is 9.37. The van der Waals surface area contributed by atoms with Crippen molar-refractivity contribution in [1.82, 2.24) is 0 Å². The lowest BCUT2D eigenvalue weighted by Gasteiger charge is -2.23. The number of nitrogens with one attached hydrogen (secondary N) is 1. The average Bonchev–Trinajstić information content (AvgIpc) is 2.06. The molecule has 0 aliphatic rings. The standard InChI is InChI=1S/C11H14FNO2S/c1-11(2,3)15-9-5-4-7(12)6-8(9)13-10(14)16/h4-6H,1-3H3,(H2,13,14,16). The van der Waals surface area contributed by atoms with Crippen LogP contribution in [0.2, 0.25) is 0 Å². The van der Waals surface area contributed by atoms with Crippen molar-refractivity contribution < 1.29 is 13.9 Å². The van der Waals surface area contributed by atoms with Gasteiger partial charge in [0.15, 0.2) is 0 Å². The van der Waals surface area contributed by atoms with Gasteiger partial charge in [-0.25, -0.2) is 4.39 Å². The number of benzene rings is 1.